The zero-order valence-corrected chi connectivity index (χ0v) is 8.04. The van der Waals surface area contributed by atoms with E-state index in [1.54, 1.807) is 0 Å². The van der Waals surface area contributed by atoms with Gasteiger partial charge < -0.3 is 9.84 Å². The van der Waals surface area contributed by atoms with Crippen molar-refractivity contribution in [3.63, 3.8) is 0 Å². The van der Waals surface area contributed by atoms with E-state index in [9.17, 15) is 5.11 Å². The number of epoxide rings is 1. The molecule has 4 atom stereocenters. The lowest BCUT2D eigenvalue weighted by Gasteiger charge is -2.41. The Kier molecular flexibility index (Phi) is 1.72. The molecule has 0 aromatic rings. The van der Waals surface area contributed by atoms with Crippen LogP contribution in [-0.2, 0) is 4.74 Å². The minimum absolute atomic E-state index is 0.0680. The molecule has 0 radical (unpaired) electrons. The third-order valence-electron chi connectivity index (χ3n) is 4.23. The van der Waals surface area contributed by atoms with Crippen molar-refractivity contribution in [2.75, 3.05) is 6.61 Å². The maximum atomic E-state index is 10.00. The Labute approximate surface area is 79.3 Å². The molecular formula is C11H18O2. The van der Waals surface area contributed by atoms with E-state index >= 15 is 0 Å². The molecule has 2 aliphatic carbocycles. The first-order valence-corrected chi connectivity index (χ1v) is 5.61. The summed E-state index contributed by atoms with van der Waals surface area (Å²) in [5.74, 6) is 1.36. The summed E-state index contributed by atoms with van der Waals surface area (Å²) in [7, 11) is 0. The van der Waals surface area contributed by atoms with Crippen LogP contribution in [0.2, 0.25) is 0 Å². The Balaban J connectivity index is 1.76. The second kappa shape index (κ2) is 2.71. The van der Waals surface area contributed by atoms with Crippen molar-refractivity contribution in [2.24, 2.45) is 11.8 Å². The van der Waals surface area contributed by atoms with E-state index in [1.165, 1.54) is 32.1 Å². The van der Waals surface area contributed by atoms with Crippen molar-refractivity contribution in [1.82, 2.24) is 0 Å². The van der Waals surface area contributed by atoms with Crippen LogP contribution in [0.3, 0.4) is 0 Å². The highest BCUT2D eigenvalue weighted by Gasteiger charge is 2.54. The monoisotopic (exact) mass is 182 g/mol. The van der Waals surface area contributed by atoms with Gasteiger partial charge in [-0.1, -0.05) is 12.8 Å². The molecule has 4 unspecified atom stereocenters. The summed E-state index contributed by atoms with van der Waals surface area (Å²) < 4.78 is 5.50. The maximum absolute atomic E-state index is 10.00. The molecule has 74 valence electrons. The van der Waals surface area contributed by atoms with Gasteiger partial charge in [0.2, 0.25) is 0 Å². The highest BCUT2D eigenvalue weighted by molar-refractivity contribution is 5.03. The predicted molar refractivity (Wildman–Crippen MR) is 49.4 cm³/mol. The van der Waals surface area contributed by atoms with Crippen LogP contribution in [-0.4, -0.2) is 23.4 Å². The van der Waals surface area contributed by atoms with Crippen LogP contribution in [0.15, 0.2) is 0 Å². The van der Waals surface area contributed by atoms with Gasteiger partial charge in [-0.05, 0) is 31.1 Å². The predicted octanol–water partition coefficient (Wildman–Crippen LogP) is 1.72. The minimum atomic E-state index is -0.0680. The lowest BCUT2D eigenvalue weighted by Crippen LogP contribution is -2.42. The van der Waals surface area contributed by atoms with E-state index in [0.29, 0.717) is 5.92 Å². The Hall–Kier alpha value is -0.0800. The van der Waals surface area contributed by atoms with Crippen LogP contribution in [0.25, 0.3) is 0 Å². The molecule has 2 saturated carbocycles. The summed E-state index contributed by atoms with van der Waals surface area (Å²) in [4.78, 5) is 0. The van der Waals surface area contributed by atoms with Gasteiger partial charge in [0.25, 0.3) is 0 Å². The van der Waals surface area contributed by atoms with E-state index in [4.69, 9.17) is 4.74 Å². The SMILES string of the molecule is OC1CC2(CO2)CC2CCCCC12. The fourth-order valence-electron chi connectivity index (χ4n) is 3.43. The number of aliphatic hydroxyl groups is 1. The molecule has 13 heavy (non-hydrogen) atoms. The van der Waals surface area contributed by atoms with Gasteiger partial charge in [0, 0.05) is 6.42 Å². The van der Waals surface area contributed by atoms with E-state index < -0.39 is 0 Å². The first-order chi connectivity index (χ1) is 6.29. The van der Waals surface area contributed by atoms with Gasteiger partial charge in [-0.2, -0.15) is 0 Å². The quantitative estimate of drug-likeness (QED) is 0.578. The molecule has 0 amide bonds. The molecule has 0 aromatic carbocycles. The molecule has 3 rings (SSSR count). The molecule has 3 fully saturated rings. The van der Waals surface area contributed by atoms with E-state index in [-0.39, 0.29) is 11.7 Å². The fraction of sp³-hybridized carbons (Fsp3) is 1.00. The van der Waals surface area contributed by atoms with Gasteiger partial charge in [-0.25, -0.2) is 0 Å². The van der Waals surface area contributed by atoms with Crippen molar-refractivity contribution in [3.8, 4) is 0 Å². The van der Waals surface area contributed by atoms with Crippen molar-refractivity contribution < 1.29 is 9.84 Å². The Bertz CT molecular complexity index is 210. The Morgan fingerprint density at radius 2 is 1.92 bits per heavy atom. The van der Waals surface area contributed by atoms with Gasteiger partial charge in [0.15, 0.2) is 0 Å². The molecule has 2 nitrogen and oxygen atoms in total. The standard InChI is InChI=1S/C11H18O2/c12-10-6-11(7-13-11)5-8-3-1-2-4-9(8)10/h8-10,12H,1-7H2. The first-order valence-electron chi connectivity index (χ1n) is 5.61. The second-order valence-corrected chi connectivity index (χ2v) is 5.16. The topological polar surface area (TPSA) is 32.8 Å². The largest absolute Gasteiger partial charge is 0.393 e. The summed E-state index contributed by atoms with van der Waals surface area (Å²) >= 11 is 0. The molecule has 1 saturated heterocycles. The number of ether oxygens (including phenoxy) is 1. The van der Waals surface area contributed by atoms with Crippen LogP contribution < -0.4 is 0 Å². The number of aliphatic hydroxyl groups excluding tert-OH is 1. The minimum Gasteiger partial charge on any atom is -0.393 e. The second-order valence-electron chi connectivity index (χ2n) is 5.16. The molecule has 1 heterocycles. The highest BCUT2D eigenvalue weighted by Crippen LogP contribution is 2.50. The average Bonchev–Trinajstić information content (AvgIpc) is 2.85. The third kappa shape index (κ3) is 1.31. The molecule has 1 spiro atoms. The molecule has 1 aliphatic heterocycles. The molecular weight excluding hydrogens is 164 g/mol. The van der Waals surface area contributed by atoms with E-state index in [2.05, 4.69) is 0 Å². The van der Waals surface area contributed by atoms with Gasteiger partial charge in [0.1, 0.15) is 0 Å². The number of rotatable bonds is 0. The van der Waals surface area contributed by atoms with E-state index in [1.807, 2.05) is 0 Å². The van der Waals surface area contributed by atoms with Crippen LogP contribution in [0, 0.1) is 11.8 Å². The normalized spacial score (nSPS) is 54.7. The van der Waals surface area contributed by atoms with Crippen LogP contribution in [0.4, 0.5) is 0 Å². The van der Waals surface area contributed by atoms with Crippen LogP contribution >= 0.6 is 0 Å². The molecule has 0 aromatic heterocycles. The molecule has 1 N–H and O–H groups in total. The molecule has 3 aliphatic rings. The number of hydrogen-bond acceptors (Lipinski definition) is 2. The highest BCUT2D eigenvalue weighted by atomic mass is 16.6. The first kappa shape index (κ1) is 8.25. The zero-order valence-electron chi connectivity index (χ0n) is 8.04. The van der Waals surface area contributed by atoms with E-state index in [0.717, 1.165) is 18.9 Å². The maximum Gasteiger partial charge on any atom is 0.0944 e. The number of hydrogen-bond donors (Lipinski definition) is 1. The van der Waals surface area contributed by atoms with Crippen molar-refractivity contribution >= 4 is 0 Å². The lowest BCUT2D eigenvalue weighted by atomic mass is 9.66. The summed E-state index contributed by atoms with van der Waals surface area (Å²) in [5.41, 5.74) is 0.137. The summed E-state index contributed by atoms with van der Waals surface area (Å²) in [5, 5.41) is 10.00. The van der Waals surface area contributed by atoms with Crippen LogP contribution in [0.5, 0.6) is 0 Å². The lowest BCUT2D eigenvalue weighted by molar-refractivity contribution is -0.0238. The van der Waals surface area contributed by atoms with Crippen molar-refractivity contribution in [3.05, 3.63) is 0 Å². The summed E-state index contributed by atoms with van der Waals surface area (Å²) in [6, 6.07) is 0. The fourth-order valence-corrected chi connectivity index (χ4v) is 3.43. The molecule has 2 heteroatoms. The molecule has 0 bridgehead atoms. The smallest absolute Gasteiger partial charge is 0.0944 e. The van der Waals surface area contributed by atoms with Gasteiger partial charge in [-0.15, -0.1) is 0 Å². The average molecular weight is 182 g/mol. The van der Waals surface area contributed by atoms with Gasteiger partial charge in [0.05, 0.1) is 18.3 Å². The summed E-state index contributed by atoms with van der Waals surface area (Å²) in [6.45, 7) is 0.910. The Morgan fingerprint density at radius 1 is 1.15 bits per heavy atom. The Morgan fingerprint density at radius 3 is 2.69 bits per heavy atom. The third-order valence-corrected chi connectivity index (χ3v) is 4.23. The zero-order chi connectivity index (χ0) is 8.89. The van der Waals surface area contributed by atoms with Gasteiger partial charge in [-0.3, -0.25) is 0 Å². The summed E-state index contributed by atoms with van der Waals surface area (Å²) in [6.07, 6.45) is 7.34. The number of fused-ring (bicyclic) bond motifs is 1. The van der Waals surface area contributed by atoms with Gasteiger partial charge >= 0.3 is 0 Å². The van der Waals surface area contributed by atoms with Crippen molar-refractivity contribution in [2.45, 2.75) is 50.2 Å². The van der Waals surface area contributed by atoms with Crippen LogP contribution in [0.1, 0.15) is 38.5 Å². The van der Waals surface area contributed by atoms with Crippen molar-refractivity contribution in [1.29, 1.82) is 0 Å².